The van der Waals surface area contributed by atoms with E-state index in [1.165, 1.54) is 0 Å². The molecule has 1 aromatic heterocycles. The van der Waals surface area contributed by atoms with Crippen LogP contribution in [0.5, 0.6) is 0 Å². The third-order valence-corrected chi connectivity index (χ3v) is 3.46. The number of hydrogen-bond acceptors (Lipinski definition) is 3. The van der Waals surface area contributed by atoms with Crippen molar-refractivity contribution in [2.75, 3.05) is 6.54 Å². The fourth-order valence-corrected chi connectivity index (χ4v) is 2.21. The van der Waals surface area contributed by atoms with Gasteiger partial charge in [-0.1, -0.05) is 44.2 Å². The molecule has 4 heteroatoms. The van der Waals surface area contributed by atoms with Crippen LogP contribution in [-0.2, 0) is 11.2 Å². The summed E-state index contributed by atoms with van der Waals surface area (Å²) in [5.41, 5.74) is 0.999. The first kappa shape index (κ1) is 16.3. The Labute approximate surface area is 131 Å². The van der Waals surface area contributed by atoms with Gasteiger partial charge in [0.1, 0.15) is 0 Å². The number of hydrogen-bond donors (Lipinski definition) is 1. The molecule has 0 radical (unpaired) electrons. The number of carbonyl (C=O) groups is 1. The first-order valence-corrected chi connectivity index (χ1v) is 7.92. The van der Waals surface area contributed by atoms with Crippen LogP contribution in [0.15, 0.2) is 40.9 Å². The number of amides is 1. The average Bonchev–Trinajstić information content (AvgIpc) is 2.99. The standard InChI is InChI=1S/C18H24N2O2/c1-14(2)7-6-12-19-17(21)10-11-18-20-13-16(22-18)15-8-4-3-5-9-15/h3-5,8-9,13-14H,6-7,10-12H2,1-2H3,(H,19,21). The molecule has 1 aromatic carbocycles. The van der Waals surface area contributed by atoms with Crippen LogP contribution in [0, 0.1) is 5.92 Å². The average molecular weight is 300 g/mol. The van der Waals surface area contributed by atoms with Gasteiger partial charge in [0.2, 0.25) is 5.91 Å². The van der Waals surface area contributed by atoms with Crippen molar-refractivity contribution in [2.24, 2.45) is 5.92 Å². The van der Waals surface area contributed by atoms with Gasteiger partial charge >= 0.3 is 0 Å². The molecule has 0 saturated carbocycles. The van der Waals surface area contributed by atoms with Crippen LogP contribution >= 0.6 is 0 Å². The quantitative estimate of drug-likeness (QED) is 0.754. The molecule has 1 amide bonds. The lowest BCUT2D eigenvalue weighted by atomic mass is 10.1. The van der Waals surface area contributed by atoms with E-state index in [2.05, 4.69) is 24.1 Å². The minimum Gasteiger partial charge on any atom is -0.441 e. The Morgan fingerprint density at radius 1 is 1.27 bits per heavy atom. The largest absolute Gasteiger partial charge is 0.441 e. The molecular formula is C18H24N2O2. The molecule has 4 nitrogen and oxygen atoms in total. The zero-order valence-electron chi connectivity index (χ0n) is 13.3. The molecule has 0 unspecified atom stereocenters. The second-order valence-corrected chi connectivity index (χ2v) is 5.87. The Hall–Kier alpha value is -2.10. The summed E-state index contributed by atoms with van der Waals surface area (Å²) in [6, 6.07) is 9.84. The van der Waals surface area contributed by atoms with E-state index in [9.17, 15) is 4.79 Å². The molecule has 22 heavy (non-hydrogen) atoms. The van der Waals surface area contributed by atoms with Crippen molar-refractivity contribution in [3.8, 4) is 11.3 Å². The van der Waals surface area contributed by atoms with Gasteiger partial charge in [0.25, 0.3) is 0 Å². The van der Waals surface area contributed by atoms with E-state index >= 15 is 0 Å². The van der Waals surface area contributed by atoms with Gasteiger partial charge in [-0.05, 0) is 18.8 Å². The molecule has 0 spiro atoms. The Balaban J connectivity index is 1.73. The molecule has 0 fully saturated rings. The summed E-state index contributed by atoms with van der Waals surface area (Å²) in [5, 5.41) is 2.94. The van der Waals surface area contributed by atoms with Crippen LogP contribution in [0.2, 0.25) is 0 Å². The summed E-state index contributed by atoms with van der Waals surface area (Å²) in [4.78, 5) is 16.0. The predicted molar refractivity (Wildman–Crippen MR) is 87.3 cm³/mol. The molecule has 0 aliphatic rings. The van der Waals surface area contributed by atoms with Crippen LogP contribution in [0.4, 0.5) is 0 Å². The number of nitrogens with zero attached hydrogens (tertiary/aromatic N) is 1. The number of aromatic nitrogens is 1. The highest BCUT2D eigenvalue weighted by Gasteiger charge is 2.08. The number of aryl methyl sites for hydroxylation is 1. The van der Waals surface area contributed by atoms with Crippen molar-refractivity contribution in [3.63, 3.8) is 0 Å². The van der Waals surface area contributed by atoms with Crippen LogP contribution in [0.3, 0.4) is 0 Å². The maximum atomic E-state index is 11.8. The second kappa shape index (κ2) is 8.37. The molecule has 0 saturated heterocycles. The van der Waals surface area contributed by atoms with E-state index in [0.29, 0.717) is 24.7 Å². The van der Waals surface area contributed by atoms with Gasteiger partial charge in [-0.15, -0.1) is 0 Å². The normalized spacial score (nSPS) is 10.9. The number of benzene rings is 1. The van der Waals surface area contributed by atoms with Crippen molar-refractivity contribution in [1.29, 1.82) is 0 Å². The zero-order chi connectivity index (χ0) is 15.8. The Morgan fingerprint density at radius 2 is 2.05 bits per heavy atom. The zero-order valence-corrected chi connectivity index (χ0v) is 13.3. The first-order valence-electron chi connectivity index (χ1n) is 7.92. The summed E-state index contributed by atoms with van der Waals surface area (Å²) >= 11 is 0. The van der Waals surface area contributed by atoms with Crippen molar-refractivity contribution in [3.05, 3.63) is 42.4 Å². The summed E-state index contributed by atoms with van der Waals surface area (Å²) in [7, 11) is 0. The first-order chi connectivity index (χ1) is 10.6. The summed E-state index contributed by atoms with van der Waals surface area (Å²) in [6.45, 7) is 5.13. The number of oxazole rings is 1. The molecule has 2 aromatic rings. The monoisotopic (exact) mass is 300 g/mol. The van der Waals surface area contributed by atoms with E-state index in [1.807, 2.05) is 30.3 Å². The summed E-state index contributed by atoms with van der Waals surface area (Å²) in [6.07, 6.45) is 4.82. The SMILES string of the molecule is CC(C)CCCNC(=O)CCc1ncc(-c2ccccc2)o1. The Kier molecular flexibility index (Phi) is 6.19. The minimum absolute atomic E-state index is 0.0585. The van der Waals surface area contributed by atoms with Crippen LogP contribution in [0.1, 0.15) is 39.0 Å². The van der Waals surface area contributed by atoms with E-state index < -0.39 is 0 Å². The molecule has 1 heterocycles. The highest BCUT2D eigenvalue weighted by atomic mass is 16.4. The molecule has 0 aliphatic heterocycles. The minimum atomic E-state index is 0.0585. The van der Waals surface area contributed by atoms with Crippen molar-refractivity contribution in [2.45, 2.75) is 39.5 Å². The molecular weight excluding hydrogens is 276 g/mol. The van der Waals surface area contributed by atoms with Gasteiger partial charge in [0.05, 0.1) is 6.20 Å². The summed E-state index contributed by atoms with van der Waals surface area (Å²) < 4.78 is 5.69. The third-order valence-electron chi connectivity index (χ3n) is 3.46. The van der Waals surface area contributed by atoms with Crippen LogP contribution in [0.25, 0.3) is 11.3 Å². The van der Waals surface area contributed by atoms with Crippen molar-refractivity contribution >= 4 is 5.91 Å². The van der Waals surface area contributed by atoms with E-state index in [-0.39, 0.29) is 5.91 Å². The molecule has 1 N–H and O–H groups in total. The Bertz CT molecular complexity index is 576. The van der Waals surface area contributed by atoms with Crippen LogP contribution in [-0.4, -0.2) is 17.4 Å². The van der Waals surface area contributed by atoms with Crippen LogP contribution < -0.4 is 5.32 Å². The van der Waals surface area contributed by atoms with Gasteiger partial charge in [-0.3, -0.25) is 4.79 Å². The topological polar surface area (TPSA) is 55.1 Å². The van der Waals surface area contributed by atoms with Crippen molar-refractivity contribution in [1.82, 2.24) is 10.3 Å². The molecule has 118 valence electrons. The second-order valence-electron chi connectivity index (χ2n) is 5.87. The van der Waals surface area contributed by atoms with Gasteiger partial charge in [0.15, 0.2) is 11.7 Å². The molecule has 0 aliphatic carbocycles. The van der Waals surface area contributed by atoms with Crippen molar-refractivity contribution < 1.29 is 9.21 Å². The van der Waals surface area contributed by atoms with Gasteiger partial charge in [0, 0.05) is 24.9 Å². The third kappa shape index (κ3) is 5.35. The lowest BCUT2D eigenvalue weighted by Crippen LogP contribution is -2.24. The lowest BCUT2D eigenvalue weighted by molar-refractivity contribution is -0.121. The maximum Gasteiger partial charge on any atom is 0.220 e. The number of nitrogens with one attached hydrogen (secondary N) is 1. The smallest absolute Gasteiger partial charge is 0.220 e. The fourth-order valence-electron chi connectivity index (χ4n) is 2.21. The van der Waals surface area contributed by atoms with Gasteiger partial charge in [-0.25, -0.2) is 4.98 Å². The predicted octanol–water partition coefficient (Wildman–Crippen LogP) is 3.83. The number of rotatable bonds is 8. The molecule has 2 rings (SSSR count). The maximum absolute atomic E-state index is 11.8. The molecule has 0 atom stereocenters. The van der Waals surface area contributed by atoms with E-state index in [0.717, 1.165) is 30.7 Å². The lowest BCUT2D eigenvalue weighted by Gasteiger charge is -2.06. The fraction of sp³-hybridized carbons (Fsp3) is 0.444. The molecule has 0 bridgehead atoms. The van der Waals surface area contributed by atoms with E-state index in [1.54, 1.807) is 6.20 Å². The van der Waals surface area contributed by atoms with Gasteiger partial charge in [-0.2, -0.15) is 0 Å². The van der Waals surface area contributed by atoms with Gasteiger partial charge < -0.3 is 9.73 Å². The number of carbonyl (C=O) groups excluding carboxylic acids is 1. The summed E-state index contributed by atoms with van der Waals surface area (Å²) in [5.74, 6) is 2.09. The highest BCUT2D eigenvalue weighted by Crippen LogP contribution is 2.20. The highest BCUT2D eigenvalue weighted by molar-refractivity contribution is 5.75. The Morgan fingerprint density at radius 3 is 2.77 bits per heavy atom. The van der Waals surface area contributed by atoms with E-state index in [4.69, 9.17) is 4.42 Å².